The molecule has 0 spiro atoms. The zero-order valence-corrected chi connectivity index (χ0v) is 17.9. The summed E-state index contributed by atoms with van der Waals surface area (Å²) in [6, 6.07) is 7.20. The summed E-state index contributed by atoms with van der Waals surface area (Å²) in [5.41, 5.74) is 1.49. The van der Waals surface area contributed by atoms with Gasteiger partial charge in [-0.2, -0.15) is 0 Å². The molecule has 30 heavy (non-hydrogen) atoms. The second-order valence-electron chi connectivity index (χ2n) is 7.34. The Hall–Kier alpha value is -3.07. The molecule has 4 rings (SSSR count). The van der Waals surface area contributed by atoms with E-state index >= 15 is 0 Å². The van der Waals surface area contributed by atoms with E-state index in [-0.39, 0.29) is 24.3 Å². The predicted molar refractivity (Wildman–Crippen MR) is 112 cm³/mol. The summed E-state index contributed by atoms with van der Waals surface area (Å²) in [6.07, 6.45) is -0.128. The van der Waals surface area contributed by atoms with Gasteiger partial charge in [0.1, 0.15) is 5.00 Å². The van der Waals surface area contributed by atoms with Crippen LogP contribution in [0, 0.1) is 0 Å². The number of fused-ring (bicyclic) bond motifs is 3. The molecule has 9 heteroatoms. The van der Waals surface area contributed by atoms with Crippen LogP contribution >= 0.6 is 11.3 Å². The van der Waals surface area contributed by atoms with E-state index < -0.39 is 6.10 Å². The highest BCUT2D eigenvalue weighted by Gasteiger charge is 2.35. The number of hydrogen-bond donors (Lipinski definition) is 1. The number of anilines is 1. The fourth-order valence-electron chi connectivity index (χ4n) is 3.76. The summed E-state index contributed by atoms with van der Waals surface area (Å²) >= 11 is 1.37. The van der Waals surface area contributed by atoms with Crippen molar-refractivity contribution in [2.24, 2.45) is 0 Å². The number of hydrogen-bond acceptors (Lipinski definition) is 6. The minimum absolute atomic E-state index is 0.0391. The molecule has 0 aliphatic carbocycles. The quantitative estimate of drug-likeness (QED) is 0.805. The Morgan fingerprint density at radius 2 is 1.93 bits per heavy atom. The molecule has 2 aliphatic rings. The normalized spacial score (nSPS) is 16.9. The van der Waals surface area contributed by atoms with Gasteiger partial charge in [0.15, 0.2) is 17.6 Å². The van der Waals surface area contributed by atoms with Crippen molar-refractivity contribution in [1.29, 1.82) is 0 Å². The van der Waals surface area contributed by atoms with Crippen LogP contribution in [-0.2, 0) is 22.6 Å². The summed E-state index contributed by atoms with van der Waals surface area (Å²) in [5, 5.41) is 3.40. The van der Waals surface area contributed by atoms with Crippen molar-refractivity contribution in [3.8, 4) is 11.5 Å². The highest BCUT2D eigenvalue weighted by molar-refractivity contribution is 7.17. The molecule has 3 amide bonds. The van der Waals surface area contributed by atoms with Gasteiger partial charge in [-0.05, 0) is 31.0 Å². The van der Waals surface area contributed by atoms with Gasteiger partial charge < -0.3 is 24.6 Å². The van der Waals surface area contributed by atoms with E-state index in [0.29, 0.717) is 41.6 Å². The Morgan fingerprint density at radius 3 is 2.67 bits per heavy atom. The Bertz CT molecular complexity index is 1020. The standard InChI is InChI=1S/C21H23N3O5S/c1-12(29-15-7-5-4-6-14(15)28-3)20(26)24-9-8-13-16(10-24)30-19-18(13)21(27)23(2)11-17(25)22-19/h4-7,12H,8-11H2,1-3H3,(H,22,25). The van der Waals surface area contributed by atoms with E-state index in [4.69, 9.17) is 9.47 Å². The van der Waals surface area contributed by atoms with Crippen LogP contribution in [0.2, 0.25) is 0 Å². The molecule has 0 bridgehead atoms. The summed E-state index contributed by atoms with van der Waals surface area (Å²) < 4.78 is 11.1. The molecule has 1 atom stereocenters. The Kier molecular flexibility index (Phi) is 5.38. The number of nitrogens with zero attached hydrogens (tertiary/aromatic N) is 2. The van der Waals surface area contributed by atoms with Gasteiger partial charge in [0.25, 0.3) is 11.8 Å². The smallest absolute Gasteiger partial charge is 0.263 e. The number of para-hydroxylation sites is 2. The number of benzene rings is 1. The molecule has 0 saturated heterocycles. The minimum Gasteiger partial charge on any atom is -0.493 e. The third-order valence-electron chi connectivity index (χ3n) is 5.28. The lowest BCUT2D eigenvalue weighted by Gasteiger charge is -2.30. The van der Waals surface area contributed by atoms with Crippen molar-refractivity contribution in [2.45, 2.75) is 26.0 Å². The Balaban J connectivity index is 1.52. The van der Waals surface area contributed by atoms with Crippen LogP contribution in [0.4, 0.5) is 5.00 Å². The topological polar surface area (TPSA) is 88.2 Å². The Labute approximate surface area is 178 Å². The molecule has 0 saturated carbocycles. The summed E-state index contributed by atoms with van der Waals surface area (Å²) in [4.78, 5) is 41.8. The zero-order valence-electron chi connectivity index (χ0n) is 17.1. The average molecular weight is 429 g/mol. The van der Waals surface area contributed by atoms with Crippen LogP contribution in [0.25, 0.3) is 0 Å². The monoisotopic (exact) mass is 429 g/mol. The van der Waals surface area contributed by atoms with Crippen LogP contribution in [-0.4, -0.2) is 60.9 Å². The molecule has 3 heterocycles. The molecule has 1 unspecified atom stereocenters. The third kappa shape index (κ3) is 3.60. The molecular formula is C21H23N3O5S. The van der Waals surface area contributed by atoms with Crippen molar-refractivity contribution >= 4 is 34.1 Å². The van der Waals surface area contributed by atoms with E-state index in [0.717, 1.165) is 10.4 Å². The fraction of sp³-hybridized carbons (Fsp3) is 0.381. The first kappa shape index (κ1) is 20.2. The van der Waals surface area contributed by atoms with Crippen LogP contribution in [0.15, 0.2) is 24.3 Å². The summed E-state index contributed by atoms with van der Waals surface area (Å²) in [7, 11) is 3.18. The van der Waals surface area contributed by atoms with Gasteiger partial charge >= 0.3 is 0 Å². The maximum absolute atomic E-state index is 13.0. The molecule has 2 aromatic rings. The molecule has 1 N–H and O–H groups in total. The molecule has 1 aromatic heterocycles. The fourth-order valence-corrected chi connectivity index (χ4v) is 5.04. The lowest BCUT2D eigenvalue weighted by Crippen LogP contribution is -2.43. The molecule has 2 aliphatic heterocycles. The van der Waals surface area contributed by atoms with Gasteiger partial charge in [-0.3, -0.25) is 14.4 Å². The minimum atomic E-state index is -0.687. The second-order valence-corrected chi connectivity index (χ2v) is 8.44. The first-order valence-electron chi connectivity index (χ1n) is 9.67. The highest BCUT2D eigenvalue weighted by Crippen LogP contribution is 2.39. The van der Waals surface area contributed by atoms with Crippen LogP contribution in [0.3, 0.4) is 0 Å². The van der Waals surface area contributed by atoms with Gasteiger partial charge in [-0.1, -0.05) is 12.1 Å². The maximum atomic E-state index is 13.0. The predicted octanol–water partition coefficient (Wildman–Crippen LogP) is 2.13. The van der Waals surface area contributed by atoms with Crippen LogP contribution in [0.1, 0.15) is 27.7 Å². The number of thiophene rings is 1. The van der Waals surface area contributed by atoms with E-state index in [1.807, 2.05) is 12.1 Å². The Morgan fingerprint density at radius 1 is 1.20 bits per heavy atom. The van der Waals surface area contributed by atoms with Gasteiger partial charge in [0.05, 0.1) is 25.8 Å². The lowest BCUT2D eigenvalue weighted by molar-refractivity contribution is -0.138. The van der Waals surface area contributed by atoms with E-state index in [1.165, 1.54) is 16.2 Å². The average Bonchev–Trinajstić information content (AvgIpc) is 3.04. The largest absolute Gasteiger partial charge is 0.493 e. The third-order valence-corrected chi connectivity index (χ3v) is 6.42. The number of nitrogens with one attached hydrogen (secondary N) is 1. The van der Waals surface area contributed by atoms with E-state index in [9.17, 15) is 14.4 Å². The van der Waals surface area contributed by atoms with E-state index in [2.05, 4.69) is 5.32 Å². The summed E-state index contributed by atoms with van der Waals surface area (Å²) in [5.74, 6) is 0.572. The molecule has 158 valence electrons. The number of carbonyl (C=O) groups excluding carboxylic acids is 3. The number of methoxy groups -OCH3 is 1. The number of rotatable bonds is 4. The number of carbonyl (C=O) groups is 3. The van der Waals surface area contributed by atoms with Crippen molar-refractivity contribution in [3.63, 3.8) is 0 Å². The van der Waals surface area contributed by atoms with Crippen LogP contribution in [0.5, 0.6) is 11.5 Å². The zero-order chi connectivity index (χ0) is 21.4. The number of amides is 3. The molecular weight excluding hydrogens is 406 g/mol. The van der Waals surface area contributed by atoms with E-state index in [1.54, 1.807) is 38.1 Å². The lowest BCUT2D eigenvalue weighted by atomic mass is 10.0. The summed E-state index contributed by atoms with van der Waals surface area (Å²) in [6.45, 7) is 2.63. The first-order valence-corrected chi connectivity index (χ1v) is 10.5. The van der Waals surface area contributed by atoms with Gasteiger partial charge in [-0.25, -0.2) is 0 Å². The van der Waals surface area contributed by atoms with Crippen molar-refractivity contribution in [1.82, 2.24) is 9.80 Å². The highest BCUT2D eigenvalue weighted by atomic mass is 32.1. The second kappa shape index (κ2) is 7.98. The maximum Gasteiger partial charge on any atom is 0.263 e. The molecule has 8 nitrogen and oxygen atoms in total. The molecule has 1 aromatic carbocycles. The van der Waals surface area contributed by atoms with Gasteiger partial charge in [0, 0.05) is 18.5 Å². The number of likely N-dealkylation sites (N-methyl/N-ethyl adjacent to an activating group) is 1. The number of ether oxygens (including phenoxy) is 2. The van der Waals surface area contributed by atoms with Crippen molar-refractivity contribution in [2.75, 3.05) is 32.6 Å². The van der Waals surface area contributed by atoms with Crippen molar-refractivity contribution < 1.29 is 23.9 Å². The van der Waals surface area contributed by atoms with Gasteiger partial charge in [0.2, 0.25) is 5.91 Å². The SMILES string of the molecule is COc1ccccc1OC(C)C(=O)N1CCc2c(sc3c2C(=O)N(C)CC(=O)N3)C1. The first-order chi connectivity index (χ1) is 14.4. The van der Waals surface area contributed by atoms with Gasteiger partial charge in [-0.15, -0.1) is 11.3 Å². The van der Waals surface area contributed by atoms with Crippen molar-refractivity contribution in [3.05, 3.63) is 40.3 Å². The van der Waals surface area contributed by atoms with Crippen LogP contribution < -0.4 is 14.8 Å². The molecule has 0 radical (unpaired) electrons. The molecule has 0 fully saturated rings.